The van der Waals surface area contributed by atoms with Gasteiger partial charge in [0.05, 0.1) is 11.3 Å². The van der Waals surface area contributed by atoms with Gasteiger partial charge in [-0.15, -0.1) is 0 Å². The van der Waals surface area contributed by atoms with E-state index in [1.54, 1.807) is 13.0 Å². The molecule has 0 heterocycles. The molecule has 0 aromatic heterocycles. The highest BCUT2D eigenvalue weighted by atomic mass is 79.9. The molecular weight excluding hydrogens is 440 g/mol. The van der Waals surface area contributed by atoms with Crippen LogP contribution < -0.4 is 10.5 Å². The van der Waals surface area contributed by atoms with Crippen molar-refractivity contribution in [1.29, 1.82) is 0 Å². The van der Waals surface area contributed by atoms with Crippen LogP contribution in [0.3, 0.4) is 0 Å². The van der Waals surface area contributed by atoms with Gasteiger partial charge in [-0.05, 0) is 55.2 Å². The van der Waals surface area contributed by atoms with Crippen molar-refractivity contribution in [1.82, 2.24) is 0 Å². The molecule has 2 aromatic carbocycles. The molecule has 0 unspecified atom stereocenters. The van der Waals surface area contributed by atoms with Gasteiger partial charge in [0.25, 0.3) is 15.9 Å². The maximum absolute atomic E-state index is 12.8. The molecule has 2 rings (SSSR count). The largest absolute Gasteiger partial charge is 0.506 e. The SMILES string of the molecule is Cc1cc(NS(=O)(=O)c2cc(Br)cc(CCCO)c2O)c(O)c(C(N)=O)c1. The summed E-state index contributed by atoms with van der Waals surface area (Å²) >= 11 is 3.20. The van der Waals surface area contributed by atoms with Crippen LogP contribution >= 0.6 is 15.9 Å². The zero-order valence-corrected chi connectivity index (χ0v) is 16.8. The van der Waals surface area contributed by atoms with E-state index in [1.165, 1.54) is 18.2 Å². The van der Waals surface area contributed by atoms with Crippen LogP contribution in [-0.2, 0) is 16.4 Å². The predicted octanol–water partition coefficient (Wildman–Crippen LogP) is 1.99. The van der Waals surface area contributed by atoms with Gasteiger partial charge < -0.3 is 21.1 Å². The number of phenolic OH excluding ortho intramolecular Hbond substituents is 1. The molecule has 0 aliphatic rings. The standard InChI is InChI=1S/C17H19BrN2O6S/c1-9-5-12(17(19)24)16(23)13(6-9)20-27(25,26)14-8-11(18)7-10(15(14)22)3-2-4-21/h5-8,20-23H,2-4H2,1H3,(H2,19,24). The smallest absolute Gasteiger partial charge is 0.265 e. The van der Waals surface area contributed by atoms with E-state index >= 15 is 0 Å². The summed E-state index contributed by atoms with van der Waals surface area (Å²) in [5.41, 5.74) is 5.57. The summed E-state index contributed by atoms with van der Waals surface area (Å²) in [5, 5.41) is 29.5. The van der Waals surface area contributed by atoms with Crippen molar-refractivity contribution >= 4 is 37.5 Å². The summed E-state index contributed by atoms with van der Waals surface area (Å²) in [4.78, 5) is 11.0. The van der Waals surface area contributed by atoms with Gasteiger partial charge >= 0.3 is 0 Å². The Kier molecular flexibility index (Phi) is 6.34. The van der Waals surface area contributed by atoms with Gasteiger partial charge in [-0.3, -0.25) is 9.52 Å². The van der Waals surface area contributed by atoms with E-state index in [0.29, 0.717) is 22.0 Å². The van der Waals surface area contributed by atoms with Crippen LogP contribution in [0.15, 0.2) is 33.6 Å². The minimum Gasteiger partial charge on any atom is -0.506 e. The molecule has 2 aromatic rings. The Morgan fingerprint density at radius 2 is 1.85 bits per heavy atom. The van der Waals surface area contributed by atoms with Crippen LogP contribution in [0.25, 0.3) is 0 Å². The van der Waals surface area contributed by atoms with Gasteiger partial charge in [-0.25, -0.2) is 8.42 Å². The molecule has 8 nitrogen and oxygen atoms in total. The molecule has 27 heavy (non-hydrogen) atoms. The van der Waals surface area contributed by atoms with Gasteiger partial charge in [0.2, 0.25) is 0 Å². The monoisotopic (exact) mass is 458 g/mol. The van der Waals surface area contributed by atoms with E-state index in [1.807, 2.05) is 0 Å². The van der Waals surface area contributed by atoms with E-state index in [-0.39, 0.29) is 24.3 Å². The Balaban J connectivity index is 2.52. The van der Waals surface area contributed by atoms with Gasteiger partial charge in [-0.1, -0.05) is 15.9 Å². The second kappa shape index (κ2) is 8.15. The maximum Gasteiger partial charge on any atom is 0.265 e. The highest BCUT2D eigenvalue weighted by molar-refractivity contribution is 9.10. The fourth-order valence-electron chi connectivity index (χ4n) is 2.54. The number of hydrogen-bond acceptors (Lipinski definition) is 6. The molecule has 6 N–H and O–H groups in total. The number of hydrogen-bond donors (Lipinski definition) is 5. The van der Waals surface area contributed by atoms with E-state index < -0.39 is 32.3 Å². The number of primary amides is 1. The van der Waals surface area contributed by atoms with E-state index in [9.17, 15) is 23.4 Å². The highest BCUT2D eigenvalue weighted by Gasteiger charge is 2.24. The minimum atomic E-state index is -4.30. The minimum absolute atomic E-state index is 0.112. The van der Waals surface area contributed by atoms with Gasteiger partial charge in [-0.2, -0.15) is 0 Å². The highest BCUT2D eigenvalue weighted by Crippen LogP contribution is 2.35. The molecule has 0 saturated heterocycles. The van der Waals surface area contributed by atoms with E-state index in [2.05, 4.69) is 20.7 Å². The Bertz CT molecular complexity index is 991. The lowest BCUT2D eigenvalue weighted by atomic mass is 10.1. The zero-order valence-electron chi connectivity index (χ0n) is 14.4. The number of halogens is 1. The summed E-state index contributed by atoms with van der Waals surface area (Å²) in [5.74, 6) is -1.97. The molecule has 0 spiro atoms. The van der Waals surface area contributed by atoms with Crippen molar-refractivity contribution in [2.75, 3.05) is 11.3 Å². The maximum atomic E-state index is 12.8. The molecule has 0 radical (unpaired) electrons. The first-order valence-corrected chi connectivity index (χ1v) is 10.1. The molecule has 10 heteroatoms. The third-order valence-corrected chi connectivity index (χ3v) is 5.61. The summed E-state index contributed by atoms with van der Waals surface area (Å²) < 4.78 is 28.1. The number of nitrogens with one attached hydrogen (secondary N) is 1. The summed E-state index contributed by atoms with van der Waals surface area (Å²) in [6.45, 7) is 1.49. The number of rotatable bonds is 7. The summed E-state index contributed by atoms with van der Waals surface area (Å²) in [6, 6.07) is 5.43. The van der Waals surface area contributed by atoms with Crippen molar-refractivity contribution in [3.63, 3.8) is 0 Å². The van der Waals surface area contributed by atoms with Crippen molar-refractivity contribution in [3.8, 4) is 11.5 Å². The number of carbonyl (C=O) groups excluding carboxylic acids is 1. The number of benzene rings is 2. The lowest BCUT2D eigenvalue weighted by Crippen LogP contribution is -2.16. The van der Waals surface area contributed by atoms with Crippen molar-refractivity contribution < 1.29 is 28.5 Å². The van der Waals surface area contributed by atoms with Gasteiger partial charge in [0, 0.05) is 11.1 Å². The number of sulfonamides is 1. The molecular formula is C17H19BrN2O6S. The Hall–Kier alpha value is -2.30. The zero-order chi connectivity index (χ0) is 20.4. The number of nitrogens with two attached hydrogens (primary N) is 1. The Morgan fingerprint density at radius 3 is 2.44 bits per heavy atom. The summed E-state index contributed by atoms with van der Waals surface area (Å²) in [6.07, 6.45) is 0.614. The number of aryl methyl sites for hydroxylation is 2. The molecule has 0 aliphatic carbocycles. The topological polar surface area (TPSA) is 150 Å². The van der Waals surface area contributed by atoms with E-state index in [4.69, 9.17) is 10.8 Å². The third kappa shape index (κ3) is 4.71. The van der Waals surface area contributed by atoms with Crippen LogP contribution in [0, 0.1) is 6.92 Å². The van der Waals surface area contributed by atoms with Crippen molar-refractivity contribution in [2.45, 2.75) is 24.7 Å². The average molecular weight is 459 g/mol. The number of phenols is 2. The van der Waals surface area contributed by atoms with Crippen LogP contribution in [-0.4, -0.2) is 36.3 Å². The lowest BCUT2D eigenvalue weighted by Gasteiger charge is -2.15. The first-order chi connectivity index (χ1) is 12.6. The molecule has 0 aliphatic heterocycles. The van der Waals surface area contributed by atoms with E-state index in [0.717, 1.165) is 0 Å². The van der Waals surface area contributed by atoms with Crippen LogP contribution in [0.5, 0.6) is 11.5 Å². The van der Waals surface area contributed by atoms with Crippen molar-refractivity contribution in [2.24, 2.45) is 5.73 Å². The number of amides is 1. The first kappa shape index (κ1) is 21.0. The van der Waals surface area contributed by atoms with Gasteiger partial charge in [0.15, 0.2) is 5.75 Å². The number of anilines is 1. The average Bonchev–Trinajstić information content (AvgIpc) is 2.57. The molecule has 146 valence electrons. The number of aromatic hydroxyl groups is 2. The molecule has 0 atom stereocenters. The second-order valence-electron chi connectivity index (χ2n) is 5.92. The third-order valence-electron chi connectivity index (χ3n) is 3.78. The van der Waals surface area contributed by atoms with Crippen LogP contribution in [0.1, 0.15) is 27.9 Å². The molecule has 1 amide bonds. The number of aliphatic hydroxyl groups is 1. The first-order valence-electron chi connectivity index (χ1n) is 7.85. The van der Waals surface area contributed by atoms with Crippen LogP contribution in [0.2, 0.25) is 0 Å². The van der Waals surface area contributed by atoms with Crippen LogP contribution in [0.4, 0.5) is 5.69 Å². The number of carbonyl (C=O) groups is 1. The number of aliphatic hydroxyl groups excluding tert-OH is 1. The fraction of sp³-hybridized carbons (Fsp3) is 0.235. The van der Waals surface area contributed by atoms with Crippen molar-refractivity contribution in [3.05, 3.63) is 45.4 Å². The predicted molar refractivity (Wildman–Crippen MR) is 103 cm³/mol. The Morgan fingerprint density at radius 1 is 1.19 bits per heavy atom. The van der Waals surface area contributed by atoms with Gasteiger partial charge in [0.1, 0.15) is 10.6 Å². The molecule has 0 fully saturated rings. The fourth-order valence-corrected chi connectivity index (χ4v) is 4.42. The normalized spacial score (nSPS) is 11.4. The molecule has 0 saturated carbocycles. The quantitative estimate of drug-likeness (QED) is 0.400. The summed E-state index contributed by atoms with van der Waals surface area (Å²) in [7, 11) is -4.30. The Labute approximate surface area is 164 Å². The lowest BCUT2D eigenvalue weighted by molar-refractivity contribution is 0.0997. The second-order valence-corrected chi connectivity index (χ2v) is 8.48. The molecule has 0 bridgehead atoms.